The van der Waals surface area contributed by atoms with E-state index >= 15 is 0 Å². The van der Waals surface area contributed by atoms with Crippen LogP contribution in [-0.2, 0) is 19.5 Å². The lowest BCUT2D eigenvalue weighted by Crippen LogP contribution is -2.21. The molecule has 0 fully saturated rings. The van der Waals surface area contributed by atoms with Gasteiger partial charge >= 0.3 is 0 Å². The molecular formula is C18H18ClN3S. The molecule has 4 heterocycles. The normalized spacial score (nSPS) is 16.5. The number of aromatic nitrogens is 1. The molecule has 23 heavy (non-hydrogen) atoms. The minimum absolute atomic E-state index is 0.543. The van der Waals surface area contributed by atoms with Crippen LogP contribution >= 0.6 is 22.9 Å². The summed E-state index contributed by atoms with van der Waals surface area (Å²) >= 11 is 8.24. The first-order valence-electron chi connectivity index (χ1n) is 7.68. The number of fused-ring (bicyclic) bond motifs is 2. The SMILES string of the molecule is C=C(N)c1cc(Cl)c2n1CC=C(c1cc3c(s1)CNCC3)C=C2. The number of allylic oxidation sites excluding steroid dienone is 3. The minimum atomic E-state index is 0.543. The highest BCUT2D eigenvalue weighted by atomic mass is 35.5. The molecule has 2 aliphatic rings. The van der Waals surface area contributed by atoms with Crippen molar-refractivity contribution in [3.63, 3.8) is 0 Å². The average molecular weight is 344 g/mol. The topological polar surface area (TPSA) is 43.0 Å². The van der Waals surface area contributed by atoms with Gasteiger partial charge in [-0.3, -0.25) is 0 Å². The zero-order valence-electron chi connectivity index (χ0n) is 12.7. The zero-order valence-corrected chi connectivity index (χ0v) is 14.3. The molecule has 2 aliphatic heterocycles. The first-order chi connectivity index (χ1) is 11.1. The van der Waals surface area contributed by atoms with E-state index in [2.05, 4.69) is 40.8 Å². The summed E-state index contributed by atoms with van der Waals surface area (Å²) in [5, 5.41) is 4.15. The van der Waals surface area contributed by atoms with E-state index in [-0.39, 0.29) is 0 Å². The lowest BCUT2D eigenvalue weighted by molar-refractivity contribution is 0.654. The number of thiophene rings is 1. The molecule has 0 saturated heterocycles. The average Bonchev–Trinajstić information content (AvgIpc) is 3.01. The van der Waals surface area contributed by atoms with Crippen molar-refractivity contribution in [3.8, 4) is 0 Å². The van der Waals surface area contributed by atoms with Crippen LogP contribution in [0, 0.1) is 0 Å². The third-order valence-electron chi connectivity index (χ3n) is 4.37. The van der Waals surface area contributed by atoms with Gasteiger partial charge in [0.2, 0.25) is 0 Å². The van der Waals surface area contributed by atoms with Crippen molar-refractivity contribution >= 4 is 40.3 Å². The van der Waals surface area contributed by atoms with Crippen molar-refractivity contribution in [2.75, 3.05) is 6.54 Å². The van der Waals surface area contributed by atoms with Crippen molar-refractivity contribution in [2.24, 2.45) is 5.73 Å². The van der Waals surface area contributed by atoms with Gasteiger partial charge in [-0.25, -0.2) is 0 Å². The largest absolute Gasteiger partial charge is 0.398 e. The molecule has 0 aromatic carbocycles. The summed E-state index contributed by atoms with van der Waals surface area (Å²) in [6.45, 7) is 6.65. The molecule has 0 atom stereocenters. The van der Waals surface area contributed by atoms with E-state index in [1.54, 1.807) is 0 Å². The number of nitrogens with zero attached hydrogens (tertiary/aromatic N) is 1. The Morgan fingerprint density at radius 3 is 3.00 bits per heavy atom. The van der Waals surface area contributed by atoms with Gasteiger partial charge in [0.1, 0.15) is 0 Å². The molecule has 5 heteroatoms. The Morgan fingerprint density at radius 2 is 2.22 bits per heavy atom. The first kappa shape index (κ1) is 14.8. The van der Waals surface area contributed by atoms with Gasteiger partial charge in [0.15, 0.2) is 0 Å². The number of nitrogens with one attached hydrogen (secondary N) is 1. The van der Waals surface area contributed by atoms with Crippen LogP contribution in [-0.4, -0.2) is 11.1 Å². The van der Waals surface area contributed by atoms with Crippen LogP contribution in [0.3, 0.4) is 0 Å². The van der Waals surface area contributed by atoms with Gasteiger partial charge in [-0.1, -0.05) is 30.3 Å². The van der Waals surface area contributed by atoms with Gasteiger partial charge in [-0.2, -0.15) is 0 Å². The second-order valence-corrected chi connectivity index (χ2v) is 7.42. The van der Waals surface area contributed by atoms with Gasteiger partial charge < -0.3 is 15.6 Å². The Labute approximate surface area is 144 Å². The number of hydrogen-bond acceptors (Lipinski definition) is 3. The number of nitrogens with two attached hydrogens (primary N) is 1. The fraction of sp³-hybridized carbons (Fsp3) is 0.222. The summed E-state index contributed by atoms with van der Waals surface area (Å²) < 4.78 is 2.11. The molecule has 0 bridgehead atoms. The fourth-order valence-electron chi connectivity index (χ4n) is 3.17. The maximum atomic E-state index is 6.36. The van der Waals surface area contributed by atoms with Gasteiger partial charge in [-0.15, -0.1) is 11.3 Å². The molecular weight excluding hydrogens is 326 g/mol. The quantitative estimate of drug-likeness (QED) is 0.868. The molecule has 4 rings (SSSR count). The number of rotatable bonds is 2. The van der Waals surface area contributed by atoms with Crippen LogP contribution in [0.2, 0.25) is 5.02 Å². The van der Waals surface area contributed by atoms with E-state index in [9.17, 15) is 0 Å². The Kier molecular flexibility index (Phi) is 3.68. The van der Waals surface area contributed by atoms with Gasteiger partial charge in [0, 0.05) is 28.5 Å². The molecule has 0 unspecified atom stereocenters. The van der Waals surface area contributed by atoms with Crippen molar-refractivity contribution in [2.45, 2.75) is 19.5 Å². The van der Waals surface area contributed by atoms with Crippen LogP contribution in [0.25, 0.3) is 17.3 Å². The van der Waals surface area contributed by atoms with E-state index in [1.165, 1.54) is 20.9 Å². The predicted octanol–water partition coefficient (Wildman–Crippen LogP) is 3.89. The molecule has 2 aromatic heterocycles. The summed E-state index contributed by atoms with van der Waals surface area (Å²) in [5.74, 6) is 0. The van der Waals surface area contributed by atoms with Crippen LogP contribution < -0.4 is 11.1 Å². The molecule has 118 valence electrons. The van der Waals surface area contributed by atoms with E-state index in [0.717, 1.165) is 37.4 Å². The minimum Gasteiger partial charge on any atom is -0.398 e. The van der Waals surface area contributed by atoms with Crippen LogP contribution in [0.5, 0.6) is 0 Å². The second-order valence-electron chi connectivity index (χ2n) is 5.88. The third-order valence-corrected chi connectivity index (χ3v) is 5.90. The Hall–Kier alpha value is -1.75. The van der Waals surface area contributed by atoms with Crippen LogP contribution in [0.1, 0.15) is 26.7 Å². The van der Waals surface area contributed by atoms with Crippen molar-refractivity contribution < 1.29 is 0 Å². The molecule has 0 radical (unpaired) electrons. The molecule has 0 spiro atoms. The molecule has 2 aromatic rings. The van der Waals surface area contributed by atoms with Crippen molar-refractivity contribution in [1.29, 1.82) is 0 Å². The van der Waals surface area contributed by atoms with Gasteiger partial charge in [-0.05, 0) is 42.3 Å². The van der Waals surface area contributed by atoms with E-state index < -0.39 is 0 Å². The highest BCUT2D eigenvalue weighted by molar-refractivity contribution is 7.13. The van der Waals surface area contributed by atoms with Crippen LogP contribution in [0.15, 0.2) is 30.9 Å². The second kappa shape index (κ2) is 5.71. The Morgan fingerprint density at radius 1 is 1.35 bits per heavy atom. The number of hydrogen-bond donors (Lipinski definition) is 2. The lowest BCUT2D eigenvalue weighted by Gasteiger charge is -2.10. The molecule has 3 nitrogen and oxygen atoms in total. The summed E-state index contributed by atoms with van der Waals surface area (Å²) in [6.07, 6.45) is 7.58. The number of halogens is 1. The summed E-state index contributed by atoms with van der Waals surface area (Å²) in [6, 6.07) is 4.22. The highest BCUT2D eigenvalue weighted by Crippen LogP contribution is 2.34. The van der Waals surface area contributed by atoms with E-state index in [4.69, 9.17) is 17.3 Å². The Balaban J connectivity index is 1.72. The maximum absolute atomic E-state index is 6.36. The van der Waals surface area contributed by atoms with Crippen LogP contribution in [0.4, 0.5) is 0 Å². The van der Waals surface area contributed by atoms with Crippen molar-refractivity contribution in [3.05, 3.63) is 62.6 Å². The molecule has 0 amide bonds. The fourth-order valence-corrected chi connectivity index (χ4v) is 4.64. The summed E-state index contributed by atoms with van der Waals surface area (Å²) in [4.78, 5) is 2.78. The standard InChI is InChI=1S/C18H18ClN3S/c1-11(20)16-9-14(19)15-3-2-12(5-7-22(15)16)17-8-13-4-6-21-10-18(13)23-17/h2-3,5,8-9,21H,1,4,6-7,10,20H2. The monoisotopic (exact) mass is 343 g/mol. The van der Waals surface area contributed by atoms with E-state index in [0.29, 0.717) is 10.7 Å². The predicted molar refractivity (Wildman–Crippen MR) is 99.4 cm³/mol. The molecule has 3 N–H and O–H groups in total. The van der Waals surface area contributed by atoms with Gasteiger partial charge in [0.05, 0.1) is 16.4 Å². The smallest absolute Gasteiger partial charge is 0.0664 e. The third kappa shape index (κ3) is 2.57. The first-order valence-corrected chi connectivity index (χ1v) is 8.87. The van der Waals surface area contributed by atoms with E-state index in [1.807, 2.05) is 17.4 Å². The Bertz CT molecular complexity index is 830. The molecule has 0 aliphatic carbocycles. The zero-order chi connectivity index (χ0) is 16.0. The lowest BCUT2D eigenvalue weighted by atomic mass is 10.1. The highest BCUT2D eigenvalue weighted by Gasteiger charge is 2.17. The summed E-state index contributed by atoms with van der Waals surface area (Å²) in [7, 11) is 0. The van der Waals surface area contributed by atoms with Crippen molar-refractivity contribution in [1.82, 2.24) is 9.88 Å². The van der Waals surface area contributed by atoms with Gasteiger partial charge in [0.25, 0.3) is 0 Å². The molecule has 0 saturated carbocycles. The maximum Gasteiger partial charge on any atom is 0.0664 e. The summed E-state index contributed by atoms with van der Waals surface area (Å²) in [5.41, 5.74) is 11.0.